The molecule has 1 aliphatic rings. The first kappa shape index (κ1) is 22.4. The largest absolute Gasteiger partial charge is 0.490 e. The molecule has 0 saturated carbocycles. The van der Waals surface area contributed by atoms with Gasteiger partial charge in [-0.1, -0.05) is 41.4 Å². The Morgan fingerprint density at radius 1 is 1.18 bits per heavy atom. The summed E-state index contributed by atoms with van der Waals surface area (Å²) in [5.74, 6) is 0.836. The Balaban J connectivity index is 1.33. The minimum Gasteiger partial charge on any atom is -0.490 e. The summed E-state index contributed by atoms with van der Waals surface area (Å²) < 4.78 is 12.8. The summed E-state index contributed by atoms with van der Waals surface area (Å²) in [6.45, 7) is 3.30. The lowest BCUT2D eigenvalue weighted by Crippen LogP contribution is -2.23. The van der Waals surface area contributed by atoms with Crippen molar-refractivity contribution in [3.05, 3.63) is 69.0 Å². The van der Waals surface area contributed by atoms with Gasteiger partial charge in [-0.3, -0.25) is 14.2 Å². The quantitative estimate of drug-likeness (QED) is 0.407. The Hall–Kier alpha value is -3.36. The predicted molar refractivity (Wildman–Crippen MR) is 134 cm³/mol. The first-order chi connectivity index (χ1) is 16.5. The van der Waals surface area contributed by atoms with Gasteiger partial charge in [0.1, 0.15) is 4.83 Å². The predicted octanol–water partition coefficient (Wildman–Crippen LogP) is 5.28. The second-order valence-corrected chi connectivity index (χ2v) is 9.33. The number of benzene rings is 2. The van der Waals surface area contributed by atoms with Crippen LogP contribution in [-0.4, -0.2) is 28.7 Å². The topological polar surface area (TPSA) is 82.5 Å². The van der Waals surface area contributed by atoms with Crippen LogP contribution in [0.25, 0.3) is 21.3 Å². The molecule has 3 heterocycles. The SMILES string of the molecule is Cc1ccc(-c2csc3ncn(CCC(=O)Nc4cc5c(cc4Cl)OCCCO5)c(=O)c23)cc1. The number of halogens is 1. The van der Waals surface area contributed by atoms with Gasteiger partial charge in [-0.15, -0.1) is 11.3 Å². The first-order valence-electron chi connectivity index (χ1n) is 10.9. The third-order valence-corrected chi connectivity index (χ3v) is 6.81. The molecule has 0 spiro atoms. The van der Waals surface area contributed by atoms with Gasteiger partial charge in [-0.25, -0.2) is 4.98 Å². The van der Waals surface area contributed by atoms with E-state index in [0.717, 1.165) is 23.1 Å². The van der Waals surface area contributed by atoms with Crippen molar-refractivity contribution in [1.29, 1.82) is 0 Å². The van der Waals surface area contributed by atoms with Crippen molar-refractivity contribution in [2.45, 2.75) is 26.3 Å². The summed E-state index contributed by atoms with van der Waals surface area (Å²) in [5.41, 5.74) is 3.25. The van der Waals surface area contributed by atoms with Crippen LogP contribution in [0.5, 0.6) is 11.5 Å². The minimum atomic E-state index is -0.271. The van der Waals surface area contributed by atoms with E-state index >= 15 is 0 Å². The molecular weight excluding hydrogens is 474 g/mol. The number of hydrogen-bond acceptors (Lipinski definition) is 6. The van der Waals surface area contributed by atoms with Gasteiger partial charge in [0.25, 0.3) is 5.56 Å². The summed E-state index contributed by atoms with van der Waals surface area (Å²) in [6.07, 6.45) is 2.35. The van der Waals surface area contributed by atoms with Crippen LogP contribution in [0.4, 0.5) is 5.69 Å². The van der Waals surface area contributed by atoms with E-state index < -0.39 is 0 Å². The van der Waals surface area contributed by atoms with E-state index in [1.54, 1.807) is 12.1 Å². The number of carbonyl (C=O) groups is 1. The molecular formula is C25H22ClN3O4S. The molecule has 0 atom stereocenters. The van der Waals surface area contributed by atoms with Gasteiger partial charge in [-0.2, -0.15) is 0 Å². The van der Waals surface area contributed by atoms with Crippen molar-refractivity contribution in [1.82, 2.24) is 9.55 Å². The number of ether oxygens (including phenoxy) is 2. The van der Waals surface area contributed by atoms with Gasteiger partial charge in [-0.05, 0) is 12.5 Å². The zero-order valence-corrected chi connectivity index (χ0v) is 20.0. The van der Waals surface area contributed by atoms with Crippen LogP contribution in [0.15, 0.2) is 52.9 Å². The standard InChI is InChI=1S/C25H22ClN3O4S/c1-15-3-5-16(6-4-15)17-13-34-24-23(17)25(31)29(14-27-24)8-7-22(30)28-19-12-21-20(11-18(19)26)32-9-2-10-33-21/h3-6,11-14H,2,7-10H2,1H3,(H,28,30). The molecule has 1 N–H and O–H groups in total. The maximum atomic E-state index is 13.2. The molecule has 1 amide bonds. The number of nitrogens with one attached hydrogen (secondary N) is 1. The maximum absolute atomic E-state index is 13.2. The van der Waals surface area contributed by atoms with E-state index in [9.17, 15) is 9.59 Å². The van der Waals surface area contributed by atoms with Gasteiger partial charge in [0.2, 0.25) is 5.91 Å². The average Bonchev–Trinajstić information content (AvgIpc) is 3.13. The van der Waals surface area contributed by atoms with Gasteiger partial charge in [0.15, 0.2) is 11.5 Å². The van der Waals surface area contributed by atoms with Crippen LogP contribution in [0.1, 0.15) is 18.4 Å². The van der Waals surface area contributed by atoms with Gasteiger partial charge >= 0.3 is 0 Å². The third kappa shape index (κ3) is 4.51. The summed E-state index contributed by atoms with van der Waals surface area (Å²) in [7, 11) is 0. The van der Waals surface area contributed by atoms with Crippen molar-refractivity contribution in [3.63, 3.8) is 0 Å². The zero-order chi connectivity index (χ0) is 23.7. The lowest BCUT2D eigenvalue weighted by Gasteiger charge is -2.13. The molecule has 7 nitrogen and oxygen atoms in total. The van der Waals surface area contributed by atoms with E-state index in [0.29, 0.717) is 45.6 Å². The first-order valence-corrected chi connectivity index (χ1v) is 12.2. The van der Waals surface area contributed by atoms with Crippen LogP contribution >= 0.6 is 22.9 Å². The number of fused-ring (bicyclic) bond motifs is 2. The Bertz CT molecular complexity index is 1430. The van der Waals surface area contributed by atoms with Gasteiger partial charge < -0.3 is 14.8 Å². The van der Waals surface area contributed by atoms with Crippen molar-refractivity contribution in [3.8, 4) is 22.6 Å². The number of aryl methyl sites for hydroxylation is 2. The highest BCUT2D eigenvalue weighted by molar-refractivity contribution is 7.17. The fourth-order valence-electron chi connectivity index (χ4n) is 3.79. The molecule has 34 heavy (non-hydrogen) atoms. The summed E-state index contributed by atoms with van der Waals surface area (Å²) in [5, 5.41) is 5.69. The highest BCUT2D eigenvalue weighted by Crippen LogP contribution is 2.37. The number of carbonyl (C=O) groups excluding carboxylic acids is 1. The number of anilines is 1. The van der Waals surface area contributed by atoms with Crippen molar-refractivity contribution in [2.24, 2.45) is 0 Å². The average molecular weight is 496 g/mol. The zero-order valence-electron chi connectivity index (χ0n) is 18.5. The molecule has 174 valence electrons. The fraction of sp³-hybridized carbons (Fsp3) is 0.240. The second kappa shape index (κ2) is 9.48. The van der Waals surface area contributed by atoms with Crippen molar-refractivity contribution in [2.75, 3.05) is 18.5 Å². The fourth-order valence-corrected chi connectivity index (χ4v) is 4.89. The highest BCUT2D eigenvalue weighted by Gasteiger charge is 2.17. The number of nitrogens with zero attached hydrogens (tertiary/aromatic N) is 2. The van der Waals surface area contributed by atoms with E-state index in [1.807, 2.05) is 36.6 Å². The van der Waals surface area contributed by atoms with Crippen LogP contribution in [0.2, 0.25) is 5.02 Å². The highest BCUT2D eigenvalue weighted by atomic mass is 35.5. The molecule has 0 unspecified atom stereocenters. The molecule has 0 fully saturated rings. The van der Waals surface area contributed by atoms with Crippen LogP contribution in [0.3, 0.4) is 0 Å². The summed E-state index contributed by atoms with van der Waals surface area (Å²) in [6, 6.07) is 11.3. The number of rotatable bonds is 5. The number of aromatic nitrogens is 2. The molecule has 0 saturated heterocycles. The van der Waals surface area contributed by atoms with E-state index in [-0.39, 0.29) is 24.4 Å². The lowest BCUT2D eigenvalue weighted by molar-refractivity contribution is -0.116. The summed E-state index contributed by atoms with van der Waals surface area (Å²) in [4.78, 5) is 31.0. The summed E-state index contributed by atoms with van der Waals surface area (Å²) >= 11 is 7.76. The van der Waals surface area contributed by atoms with Crippen molar-refractivity contribution >= 4 is 44.7 Å². The third-order valence-electron chi connectivity index (χ3n) is 5.61. The Morgan fingerprint density at radius 2 is 1.91 bits per heavy atom. The van der Waals surface area contributed by atoms with Gasteiger partial charge in [0, 0.05) is 42.5 Å². The molecule has 2 aromatic heterocycles. The normalized spacial score (nSPS) is 13.0. The molecule has 2 aromatic carbocycles. The lowest BCUT2D eigenvalue weighted by atomic mass is 10.1. The number of thiophene rings is 1. The van der Waals surface area contributed by atoms with Crippen LogP contribution in [-0.2, 0) is 11.3 Å². The molecule has 0 bridgehead atoms. The smallest absolute Gasteiger partial charge is 0.262 e. The molecule has 0 aliphatic carbocycles. The van der Waals surface area contributed by atoms with Crippen molar-refractivity contribution < 1.29 is 14.3 Å². The minimum absolute atomic E-state index is 0.0852. The van der Waals surface area contributed by atoms with E-state index in [2.05, 4.69) is 10.3 Å². The maximum Gasteiger partial charge on any atom is 0.262 e. The van der Waals surface area contributed by atoms with Gasteiger partial charge in [0.05, 0.1) is 35.6 Å². The molecule has 9 heteroatoms. The molecule has 0 radical (unpaired) electrons. The Labute approximate surface area is 204 Å². The Morgan fingerprint density at radius 3 is 2.68 bits per heavy atom. The number of amides is 1. The molecule has 5 rings (SSSR count). The Kier molecular flexibility index (Phi) is 6.26. The van der Waals surface area contributed by atoms with E-state index in [1.165, 1.54) is 22.2 Å². The monoisotopic (exact) mass is 495 g/mol. The molecule has 1 aliphatic heterocycles. The van der Waals surface area contributed by atoms with Crippen LogP contribution in [0, 0.1) is 6.92 Å². The molecule has 4 aromatic rings. The second-order valence-electron chi connectivity index (χ2n) is 8.07. The van der Waals surface area contributed by atoms with Crippen LogP contribution < -0.4 is 20.3 Å². The number of hydrogen-bond donors (Lipinski definition) is 1. The van der Waals surface area contributed by atoms with E-state index in [4.69, 9.17) is 21.1 Å².